The fraction of sp³-hybridized carbons (Fsp3) is 0.150. The second-order valence-electron chi connectivity index (χ2n) is 6.61. The van der Waals surface area contributed by atoms with E-state index in [1.54, 1.807) is 19.1 Å². The van der Waals surface area contributed by atoms with Crippen LogP contribution in [0.3, 0.4) is 0 Å². The second kappa shape index (κ2) is 7.88. The SMILES string of the molecule is Cc1ccc([N+](=O)[O-])cc1N(CC(=O)Nc1ccc2ccccc2c1)S(C)(=O)=O. The van der Waals surface area contributed by atoms with Crippen LogP contribution >= 0.6 is 0 Å². The predicted molar refractivity (Wildman–Crippen MR) is 113 cm³/mol. The molecule has 0 fully saturated rings. The Balaban J connectivity index is 1.88. The highest BCUT2D eigenvalue weighted by atomic mass is 32.2. The van der Waals surface area contributed by atoms with Gasteiger partial charge in [0.1, 0.15) is 6.54 Å². The predicted octanol–water partition coefficient (Wildman–Crippen LogP) is 3.46. The Hall–Kier alpha value is -3.46. The van der Waals surface area contributed by atoms with Crippen LogP contribution in [0.25, 0.3) is 10.8 Å². The summed E-state index contributed by atoms with van der Waals surface area (Å²) >= 11 is 0. The van der Waals surface area contributed by atoms with Gasteiger partial charge in [0.2, 0.25) is 15.9 Å². The Morgan fingerprint density at radius 3 is 2.41 bits per heavy atom. The lowest BCUT2D eigenvalue weighted by Gasteiger charge is -2.23. The molecule has 0 saturated heterocycles. The van der Waals surface area contributed by atoms with E-state index >= 15 is 0 Å². The molecular weight excluding hydrogens is 394 g/mol. The number of fused-ring (bicyclic) bond motifs is 1. The number of non-ortho nitro benzene ring substituents is 1. The van der Waals surface area contributed by atoms with Gasteiger partial charge in [0.05, 0.1) is 16.9 Å². The van der Waals surface area contributed by atoms with Crippen molar-refractivity contribution in [2.45, 2.75) is 6.92 Å². The van der Waals surface area contributed by atoms with Gasteiger partial charge in [0, 0.05) is 17.8 Å². The van der Waals surface area contributed by atoms with Gasteiger partial charge in [0.15, 0.2) is 0 Å². The van der Waals surface area contributed by atoms with Crippen molar-refractivity contribution in [2.24, 2.45) is 0 Å². The Morgan fingerprint density at radius 2 is 1.76 bits per heavy atom. The Labute approximate surface area is 168 Å². The minimum Gasteiger partial charge on any atom is -0.324 e. The van der Waals surface area contributed by atoms with Gasteiger partial charge in [-0.2, -0.15) is 0 Å². The molecule has 3 aromatic carbocycles. The molecule has 0 aromatic heterocycles. The van der Waals surface area contributed by atoms with E-state index in [1.165, 1.54) is 12.1 Å². The van der Waals surface area contributed by atoms with Crippen molar-refractivity contribution in [3.05, 3.63) is 76.3 Å². The maximum atomic E-state index is 12.6. The lowest BCUT2D eigenvalue weighted by molar-refractivity contribution is -0.384. The number of hydrogen-bond acceptors (Lipinski definition) is 5. The molecule has 0 aliphatic heterocycles. The van der Waals surface area contributed by atoms with Crippen LogP contribution in [0, 0.1) is 17.0 Å². The van der Waals surface area contributed by atoms with Crippen LogP contribution in [0.15, 0.2) is 60.7 Å². The minimum atomic E-state index is -3.86. The molecule has 0 saturated carbocycles. The molecule has 0 bridgehead atoms. The number of nitro groups is 1. The zero-order valence-electron chi connectivity index (χ0n) is 15.8. The van der Waals surface area contributed by atoms with Crippen molar-refractivity contribution in [2.75, 3.05) is 22.4 Å². The van der Waals surface area contributed by atoms with Crippen molar-refractivity contribution in [1.29, 1.82) is 0 Å². The van der Waals surface area contributed by atoms with Crippen LogP contribution in [-0.4, -0.2) is 32.0 Å². The van der Waals surface area contributed by atoms with Gasteiger partial charge in [-0.05, 0) is 35.4 Å². The fourth-order valence-corrected chi connectivity index (χ4v) is 3.86. The number of nitro benzene ring substituents is 1. The molecule has 8 nitrogen and oxygen atoms in total. The van der Waals surface area contributed by atoms with Gasteiger partial charge in [0.25, 0.3) is 5.69 Å². The fourth-order valence-electron chi connectivity index (χ4n) is 2.96. The molecule has 0 radical (unpaired) electrons. The molecule has 150 valence electrons. The number of anilines is 2. The first-order valence-corrected chi connectivity index (χ1v) is 10.5. The summed E-state index contributed by atoms with van der Waals surface area (Å²) in [5.41, 5.74) is 0.863. The first kappa shape index (κ1) is 20.3. The summed E-state index contributed by atoms with van der Waals surface area (Å²) in [5.74, 6) is -0.559. The lowest BCUT2D eigenvalue weighted by Crippen LogP contribution is -2.37. The molecule has 0 unspecified atom stereocenters. The molecule has 0 aliphatic rings. The molecule has 1 N–H and O–H groups in total. The number of sulfonamides is 1. The molecule has 3 aromatic rings. The van der Waals surface area contributed by atoms with Gasteiger partial charge in [-0.15, -0.1) is 0 Å². The van der Waals surface area contributed by atoms with Crippen LogP contribution in [0.1, 0.15) is 5.56 Å². The number of hydrogen-bond donors (Lipinski definition) is 1. The molecule has 3 rings (SSSR count). The number of benzene rings is 3. The summed E-state index contributed by atoms with van der Waals surface area (Å²) in [6, 6.07) is 16.9. The van der Waals surface area contributed by atoms with E-state index in [0.717, 1.165) is 27.4 Å². The third-order valence-electron chi connectivity index (χ3n) is 4.39. The normalized spacial score (nSPS) is 11.2. The highest BCUT2D eigenvalue weighted by molar-refractivity contribution is 7.92. The Kier molecular flexibility index (Phi) is 5.51. The van der Waals surface area contributed by atoms with Crippen molar-refractivity contribution >= 4 is 43.8 Å². The summed E-state index contributed by atoms with van der Waals surface area (Å²) in [4.78, 5) is 23.0. The maximum absolute atomic E-state index is 12.6. The van der Waals surface area contributed by atoms with Crippen LogP contribution in [0.5, 0.6) is 0 Å². The van der Waals surface area contributed by atoms with Crippen LogP contribution in [0.2, 0.25) is 0 Å². The van der Waals surface area contributed by atoms with Crippen molar-refractivity contribution < 1.29 is 18.1 Å². The smallest absolute Gasteiger partial charge is 0.271 e. The van der Waals surface area contributed by atoms with Crippen molar-refractivity contribution in [3.8, 4) is 0 Å². The third kappa shape index (κ3) is 4.69. The number of amides is 1. The molecule has 0 atom stereocenters. The summed E-state index contributed by atoms with van der Waals surface area (Å²) < 4.78 is 25.5. The van der Waals surface area contributed by atoms with E-state index in [2.05, 4.69) is 5.32 Å². The van der Waals surface area contributed by atoms with Gasteiger partial charge < -0.3 is 5.32 Å². The highest BCUT2D eigenvalue weighted by Gasteiger charge is 2.24. The maximum Gasteiger partial charge on any atom is 0.271 e. The van der Waals surface area contributed by atoms with Crippen LogP contribution < -0.4 is 9.62 Å². The van der Waals surface area contributed by atoms with Crippen molar-refractivity contribution in [3.63, 3.8) is 0 Å². The highest BCUT2D eigenvalue weighted by Crippen LogP contribution is 2.27. The third-order valence-corrected chi connectivity index (χ3v) is 5.52. The molecular formula is C20H19N3O5S. The van der Waals surface area contributed by atoms with Crippen LogP contribution in [-0.2, 0) is 14.8 Å². The van der Waals surface area contributed by atoms with Gasteiger partial charge in [-0.3, -0.25) is 19.2 Å². The van der Waals surface area contributed by atoms with Crippen molar-refractivity contribution in [1.82, 2.24) is 0 Å². The summed E-state index contributed by atoms with van der Waals surface area (Å²) in [5, 5.41) is 15.7. The first-order valence-electron chi connectivity index (χ1n) is 8.66. The lowest BCUT2D eigenvalue weighted by atomic mass is 10.1. The van der Waals surface area contributed by atoms with Gasteiger partial charge in [-0.25, -0.2) is 8.42 Å². The Bertz CT molecular complexity index is 1210. The summed E-state index contributed by atoms with van der Waals surface area (Å²) in [6.45, 7) is 1.12. The first-order chi connectivity index (χ1) is 13.6. The molecule has 1 amide bonds. The van der Waals surface area contributed by atoms with Gasteiger partial charge in [-0.1, -0.05) is 36.4 Å². The average molecular weight is 413 g/mol. The van der Waals surface area contributed by atoms with E-state index in [1.807, 2.05) is 30.3 Å². The molecule has 0 spiro atoms. The standard InChI is InChI=1S/C20H19N3O5S/c1-14-7-10-18(23(25)26)12-19(14)22(29(2,27)28)13-20(24)21-17-9-8-15-5-3-4-6-16(15)11-17/h3-12H,13H2,1-2H3,(H,21,24). The quantitative estimate of drug-likeness (QED) is 0.492. The molecule has 0 aliphatic carbocycles. The Morgan fingerprint density at radius 1 is 1.07 bits per heavy atom. The molecule has 9 heteroatoms. The minimum absolute atomic E-state index is 0.0929. The molecule has 0 heterocycles. The summed E-state index contributed by atoms with van der Waals surface area (Å²) in [6.07, 6.45) is 0.953. The summed E-state index contributed by atoms with van der Waals surface area (Å²) in [7, 11) is -3.86. The largest absolute Gasteiger partial charge is 0.324 e. The number of aryl methyl sites for hydroxylation is 1. The molecule has 29 heavy (non-hydrogen) atoms. The number of carbonyl (C=O) groups excluding carboxylic acids is 1. The van der Waals surface area contributed by atoms with Crippen LogP contribution in [0.4, 0.5) is 17.1 Å². The number of nitrogens with one attached hydrogen (secondary N) is 1. The van der Waals surface area contributed by atoms with E-state index in [9.17, 15) is 23.3 Å². The van der Waals surface area contributed by atoms with E-state index in [-0.39, 0.29) is 11.4 Å². The topological polar surface area (TPSA) is 110 Å². The van der Waals surface area contributed by atoms with E-state index < -0.39 is 27.4 Å². The number of nitrogens with zero attached hydrogens (tertiary/aromatic N) is 2. The second-order valence-corrected chi connectivity index (χ2v) is 8.51. The van der Waals surface area contributed by atoms with Gasteiger partial charge >= 0.3 is 0 Å². The number of carbonyl (C=O) groups is 1. The van der Waals surface area contributed by atoms with E-state index in [4.69, 9.17) is 0 Å². The van der Waals surface area contributed by atoms with E-state index in [0.29, 0.717) is 11.3 Å². The zero-order valence-corrected chi connectivity index (χ0v) is 16.6. The number of rotatable bonds is 6. The average Bonchev–Trinajstić information content (AvgIpc) is 2.65. The monoisotopic (exact) mass is 413 g/mol. The zero-order chi connectivity index (χ0) is 21.2.